The SMILES string of the molecule is O=C(O)c1cccc2ccccc12.[H-].[H-].[Sr+2]. The number of hydrogen-bond acceptors (Lipinski definition) is 1. The van der Waals surface area contributed by atoms with Gasteiger partial charge in [-0.3, -0.25) is 0 Å². The van der Waals surface area contributed by atoms with Crippen LogP contribution in [-0.4, -0.2) is 56.6 Å². The monoisotopic (exact) mass is 262 g/mol. The maximum atomic E-state index is 10.8. The predicted octanol–water partition coefficient (Wildman–Crippen LogP) is 2.38. The molecule has 0 aliphatic carbocycles. The molecule has 0 fully saturated rings. The van der Waals surface area contributed by atoms with Crippen molar-refractivity contribution in [3.63, 3.8) is 0 Å². The second-order valence-electron chi connectivity index (χ2n) is 2.83. The van der Waals surface area contributed by atoms with Crippen LogP contribution < -0.4 is 0 Å². The molecule has 2 aromatic carbocycles. The molecule has 0 saturated heterocycles. The van der Waals surface area contributed by atoms with Gasteiger partial charge in [-0.15, -0.1) is 0 Å². The Hall–Kier alpha value is -0.349. The van der Waals surface area contributed by atoms with E-state index in [0.717, 1.165) is 10.8 Å². The van der Waals surface area contributed by atoms with Crippen LogP contribution in [0.3, 0.4) is 0 Å². The molecule has 2 nitrogen and oxygen atoms in total. The van der Waals surface area contributed by atoms with Crippen LogP contribution in [0, 0.1) is 0 Å². The maximum absolute atomic E-state index is 10.8. The molecule has 2 rings (SSSR count). The summed E-state index contributed by atoms with van der Waals surface area (Å²) in [7, 11) is 0. The van der Waals surface area contributed by atoms with Gasteiger partial charge in [-0.05, 0) is 16.8 Å². The quantitative estimate of drug-likeness (QED) is 0.801. The minimum atomic E-state index is -0.878. The van der Waals surface area contributed by atoms with Gasteiger partial charge in [-0.1, -0.05) is 36.4 Å². The Kier molecular flexibility index (Phi) is 4.13. The van der Waals surface area contributed by atoms with Gasteiger partial charge in [-0.2, -0.15) is 0 Å². The average molecular weight is 262 g/mol. The number of hydrogen-bond donors (Lipinski definition) is 1. The molecule has 0 amide bonds. The van der Waals surface area contributed by atoms with Gasteiger partial charge in [0.05, 0.1) is 5.56 Å². The summed E-state index contributed by atoms with van der Waals surface area (Å²) < 4.78 is 0. The fourth-order valence-corrected chi connectivity index (χ4v) is 1.41. The summed E-state index contributed by atoms with van der Waals surface area (Å²) >= 11 is 0. The molecule has 14 heavy (non-hydrogen) atoms. The van der Waals surface area contributed by atoms with E-state index in [0.29, 0.717) is 5.56 Å². The molecule has 0 spiro atoms. The molecule has 0 unspecified atom stereocenters. The summed E-state index contributed by atoms with van der Waals surface area (Å²) in [6.45, 7) is 0. The summed E-state index contributed by atoms with van der Waals surface area (Å²) in [5.41, 5.74) is 0.359. The molecule has 0 bridgehead atoms. The number of rotatable bonds is 1. The molecule has 0 aliphatic rings. The third kappa shape index (κ3) is 2.17. The Balaban J connectivity index is 0. The van der Waals surface area contributed by atoms with Crippen molar-refractivity contribution < 1.29 is 12.8 Å². The first kappa shape index (κ1) is 11.7. The van der Waals surface area contributed by atoms with Crippen molar-refractivity contribution in [1.29, 1.82) is 0 Å². The van der Waals surface area contributed by atoms with Gasteiger partial charge in [0.25, 0.3) is 0 Å². The van der Waals surface area contributed by atoms with Gasteiger partial charge < -0.3 is 7.96 Å². The fraction of sp³-hybridized carbons (Fsp3) is 0. The predicted molar refractivity (Wildman–Crippen MR) is 58.9 cm³/mol. The number of carbonyl (C=O) groups is 1. The van der Waals surface area contributed by atoms with E-state index in [1.54, 1.807) is 12.1 Å². The van der Waals surface area contributed by atoms with E-state index in [4.69, 9.17) is 5.11 Å². The zero-order chi connectivity index (χ0) is 9.26. The third-order valence-corrected chi connectivity index (χ3v) is 2.02. The van der Waals surface area contributed by atoms with Crippen LogP contribution in [0.2, 0.25) is 0 Å². The van der Waals surface area contributed by atoms with Crippen LogP contribution in [0.4, 0.5) is 0 Å². The zero-order valence-electron chi connectivity index (χ0n) is 9.60. The molecular formula is C11H10O2Sr. The van der Waals surface area contributed by atoms with Crippen molar-refractivity contribution in [3.8, 4) is 0 Å². The van der Waals surface area contributed by atoms with Crippen LogP contribution in [-0.2, 0) is 0 Å². The molecule has 0 aliphatic heterocycles. The van der Waals surface area contributed by atoms with E-state index in [2.05, 4.69) is 0 Å². The first-order chi connectivity index (χ1) is 6.29. The zero-order valence-corrected chi connectivity index (χ0v) is 11.1. The fourth-order valence-electron chi connectivity index (χ4n) is 1.41. The van der Waals surface area contributed by atoms with Crippen molar-refractivity contribution in [2.45, 2.75) is 0 Å². The van der Waals surface area contributed by atoms with E-state index in [9.17, 15) is 4.79 Å². The second kappa shape index (κ2) is 4.94. The molecule has 0 atom stereocenters. The molecule has 0 radical (unpaired) electrons. The minimum absolute atomic E-state index is 0. The topological polar surface area (TPSA) is 37.3 Å². The van der Waals surface area contributed by atoms with Gasteiger partial charge >= 0.3 is 51.5 Å². The van der Waals surface area contributed by atoms with Crippen LogP contribution in [0.1, 0.15) is 13.2 Å². The first-order valence-corrected chi connectivity index (χ1v) is 4.00. The van der Waals surface area contributed by atoms with Crippen molar-refractivity contribution >= 4 is 62.2 Å². The van der Waals surface area contributed by atoms with Crippen molar-refractivity contribution in [3.05, 3.63) is 48.0 Å². The molecule has 3 heteroatoms. The number of aromatic carboxylic acids is 1. The normalized spacial score (nSPS) is 9.43. The summed E-state index contributed by atoms with van der Waals surface area (Å²) in [4.78, 5) is 10.8. The summed E-state index contributed by atoms with van der Waals surface area (Å²) in [6.07, 6.45) is 0. The van der Waals surface area contributed by atoms with E-state index in [1.807, 2.05) is 30.3 Å². The first-order valence-electron chi connectivity index (χ1n) is 4.00. The maximum Gasteiger partial charge on any atom is 2.00 e. The Labute approximate surface area is 122 Å². The number of carboxylic acids is 1. The molecule has 0 saturated carbocycles. The van der Waals surface area contributed by atoms with Gasteiger partial charge in [0.1, 0.15) is 0 Å². The smallest absolute Gasteiger partial charge is 1.00 e. The molecule has 0 aromatic heterocycles. The summed E-state index contributed by atoms with van der Waals surface area (Å²) in [5, 5.41) is 10.6. The standard InChI is InChI=1S/C11H8O2.Sr.2H/c12-11(13)10-7-3-5-8-4-1-2-6-9(8)10;;;/h1-7H,(H,12,13);;;/q;+2;2*-1. The van der Waals surface area contributed by atoms with E-state index >= 15 is 0 Å². The number of fused-ring (bicyclic) bond motifs is 1. The number of benzene rings is 2. The van der Waals surface area contributed by atoms with E-state index in [-0.39, 0.29) is 48.3 Å². The minimum Gasteiger partial charge on any atom is -1.00 e. The second-order valence-corrected chi connectivity index (χ2v) is 2.83. The van der Waals surface area contributed by atoms with Crippen LogP contribution in [0.5, 0.6) is 0 Å². The van der Waals surface area contributed by atoms with Gasteiger partial charge in [0.2, 0.25) is 0 Å². The van der Waals surface area contributed by atoms with Crippen LogP contribution in [0.15, 0.2) is 42.5 Å². The van der Waals surface area contributed by atoms with Crippen molar-refractivity contribution in [2.75, 3.05) is 0 Å². The Morgan fingerprint density at radius 3 is 2.43 bits per heavy atom. The summed E-state index contributed by atoms with van der Waals surface area (Å²) in [6, 6.07) is 12.7. The molecular weight excluding hydrogens is 252 g/mol. The largest absolute Gasteiger partial charge is 2.00 e. The van der Waals surface area contributed by atoms with Gasteiger partial charge in [-0.25, -0.2) is 4.79 Å². The number of carboxylic acid groups (broad SMARTS) is 1. The van der Waals surface area contributed by atoms with E-state index < -0.39 is 5.97 Å². The Morgan fingerprint density at radius 2 is 1.71 bits per heavy atom. The van der Waals surface area contributed by atoms with Crippen LogP contribution >= 0.6 is 0 Å². The third-order valence-electron chi connectivity index (χ3n) is 2.02. The van der Waals surface area contributed by atoms with Crippen LogP contribution in [0.25, 0.3) is 10.8 Å². The molecule has 2 aromatic rings. The molecule has 1 N–H and O–H groups in total. The summed E-state index contributed by atoms with van der Waals surface area (Å²) in [5.74, 6) is -0.878. The van der Waals surface area contributed by atoms with E-state index in [1.165, 1.54) is 0 Å². The van der Waals surface area contributed by atoms with Crippen molar-refractivity contribution in [1.82, 2.24) is 0 Å². The Bertz CT molecular complexity index is 469. The molecule has 68 valence electrons. The van der Waals surface area contributed by atoms with Crippen molar-refractivity contribution in [2.24, 2.45) is 0 Å². The Morgan fingerprint density at radius 1 is 1.07 bits per heavy atom. The average Bonchev–Trinajstić information content (AvgIpc) is 2.17. The molecule has 0 heterocycles. The van der Waals surface area contributed by atoms with Gasteiger partial charge in [0, 0.05) is 0 Å². The van der Waals surface area contributed by atoms with Gasteiger partial charge in [0.15, 0.2) is 0 Å².